The fraction of sp³-hybridized carbons (Fsp3) is 1.00. The van der Waals surface area contributed by atoms with Gasteiger partial charge in [-0.05, 0) is 57.3 Å². The van der Waals surface area contributed by atoms with E-state index in [0.29, 0.717) is 11.5 Å². The number of piperidine rings is 1. The van der Waals surface area contributed by atoms with Gasteiger partial charge in [-0.25, -0.2) is 0 Å². The van der Waals surface area contributed by atoms with Crippen molar-refractivity contribution in [1.29, 1.82) is 0 Å². The van der Waals surface area contributed by atoms with Crippen LogP contribution in [0.3, 0.4) is 0 Å². The normalized spacial score (nSPS) is 19.6. The van der Waals surface area contributed by atoms with Gasteiger partial charge in [0.15, 0.2) is 0 Å². The molecule has 0 bridgehead atoms. The van der Waals surface area contributed by atoms with Crippen LogP contribution in [0, 0.1) is 5.41 Å². The van der Waals surface area contributed by atoms with E-state index in [4.69, 9.17) is 0 Å². The van der Waals surface area contributed by atoms with Crippen LogP contribution < -0.4 is 5.32 Å². The molecular weight excluding hydrogens is 244 g/mol. The number of unbranched alkanes of at least 4 members (excludes halogenated alkanes) is 3. The lowest BCUT2D eigenvalue weighted by atomic mass is 9.74. The van der Waals surface area contributed by atoms with Gasteiger partial charge in [-0.15, -0.1) is 0 Å². The minimum Gasteiger partial charge on any atom is -0.315 e. The Bertz CT molecular complexity index is 224. The monoisotopic (exact) mass is 282 g/mol. The maximum absolute atomic E-state index is 3.50. The second-order valence-electron chi connectivity index (χ2n) is 7.07. The van der Waals surface area contributed by atoms with Crippen molar-refractivity contribution in [1.82, 2.24) is 10.2 Å². The Balaban J connectivity index is 1.99. The maximum atomic E-state index is 3.50. The molecule has 0 radical (unpaired) electrons. The van der Waals surface area contributed by atoms with E-state index in [2.05, 4.69) is 37.9 Å². The summed E-state index contributed by atoms with van der Waals surface area (Å²) in [4.78, 5) is 2.70. The van der Waals surface area contributed by atoms with Crippen LogP contribution in [0.5, 0.6) is 0 Å². The molecule has 1 rings (SSSR count). The SMILES string of the molecule is CCC1(CC)CCN(CCCCCCNC(C)C)CC1. The number of hydrogen-bond donors (Lipinski definition) is 1. The van der Waals surface area contributed by atoms with Crippen LogP contribution in [-0.4, -0.2) is 37.1 Å². The van der Waals surface area contributed by atoms with Gasteiger partial charge in [0.2, 0.25) is 0 Å². The van der Waals surface area contributed by atoms with Crippen molar-refractivity contribution in [2.24, 2.45) is 5.41 Å². The third-order valence-corrected chi connectivity index (χ3v) is 5.37. The van der Waals surface area contributed by atoms with Gasteiger partial charge >= 0.3 is 0 Å². The molecule has 0 amide bonds. The Hall–Kier alpha value is -0.0800. The molecule has 0 aromatic carbocycles. The number of rotatable bonds is 10. The summed E-state index contributed by atoms with van der Waals surface area (Å²) in [6, 6.07) is 0.640. The average Bonchev–Trinajstić information content (AvgIpc) is 2.47. The molecule has 1 aliphatic rings. The van der Waals surface area contributed by atoms with Crippen LogP contribution >= 0.6 is 0 Å². The topological polar surface area (TPSA) is 15.3 Å². The molecule has 20 heavy (non-hydrogen) atoms. The Kier molecular flexibility index (Phi) is 8.79. The predicted molar refractivity (Wildman–Crippen MR) is 90.3 cm³/mol. The fourth-order valence-electron chi connectivity index (χ4n) is 3.41. The molecule has 120 valence electrons. The van der Waals surface area contributed by atoms with Crippen molar-refractivity contribution < 1.29 is 0 Å². The summed E-state index contributed by atoms with van der Waals surface area (Å²) in [5.74, 6) is 0. The van der Waals surface area contributed by atoms with E-state index in [0.717, 1.165) is 0 Å². The zero-order valence-corrected chi connectivity index (χ0v) is 14.5. The number of nitrogens with one attached hydrogen (secondary N) is 1. The minimum atomic E-state index is 0.640. The van der Waals surface area contributed by atoms with Gasteiger partial charge in [0.25, 0.3) is 0 Å². The smallest absolute Gasteiger partial charge is 0.00103 e. The number of likely N-dealkylation sites (tertiary alicyclic amines) is 1. The molecule has 1 N–H and O–H groups in total. The Morgan fingerprint density at radius 3 is 2.10 bits per heavy atom. The van der Waals surface area contributed by atoms with E-state index < -0.39 is 0 Å². The summed E-state index contributed by atoms with van der Waals surface area (Å²) in [6.07, 6.45) is 11.1. The first-order valence-electron chi connectivity index (χ1n) is 9.07. The van der Waals surface area contributed by atoms with Crippen LogP contribution in [-0.2, 0) is 0 Å². The summed E-state index contributed by atoms with van der Waals surface area (Å²) in [6.45, 7) is 14.4. The molecule has 0 spiro atoms. The molecule has 0 aromatic rings. The number of hydrogen-bond acceptors (Lipinski definition) is 2. The lowest BCUT2D eigenvalue weighted by molar-refractivity contribution is 0.0942. The van der Waals surface area contributed by atoms with Gasteiger partial charge in [-0.2, -0.15) is 0 Å². The molecule has 1 aliphatic heterocycles. The van der Waals surface area contributed by atoms with Crippen molar-refractivity contribution in [2.45, 2.75) is 85.1 Å². The molecule has 1 saturated heterocycles. The Morgan fingerprint density at radius 1 is 0.950 bits per heavy atom. The zero-order chi connectivity index (χ0) is 14.8. The molecule has 2 nitrogen and oxygen atoms in total. The second-order valence-corrected chi connectivity index (χ2v) is 7.07. The summed E-state index contributed by atoms with van der Waals surface area (Å²) in [5, 5.41) is 3.50. The highest BCUT2D eigenvalue weighted by molar-refractivity contribution is 4.83. The lowest BCUT2D eigenvalue weighted by Crippen LogP contribution is -2.39. The summed E-state index contributed by atoms with van der Waals surface area (Å²) in [7, 11) is 0. The number of nitrogens with zero attached hydrogens (tertiary/aromatic N) is 1. The molecule has 1 fully saturated rings. The maximum Gasteiger partial charge on any atom is 0.00103 e. The van der Waals surface area contributed by atoms with E-state index >= 15 is 0 Å². The van der Waals surface area contributed by atoms with Crippen LogP contribution in [0.25, 0.3) is 0 Å². The lowest BCUT2D eigenvalue weighted by Gasteiger charge is -2.41. The molecule has 0 saturated carbocycles. The van der Waals surface area contributed by atoms with E-state index in [-0.39, 0.29) is 0 Å². The Labute approximate surface area is 127 Å². The molecule has 0 aliphatic carbocycles. The summed E-state index contributed by atoms with van der Waals surface area (Å²) < 4.78 is 0. The third-order valence-electron chi connectivity index (χ3n) is 5.37. The molecule has 0 unspecified atom stereocenters. The van der Waals surface area contributed by atoms with Crippen molar-refractivity contribution in [3.63, 3.8) is 0 Å². The van der Waals surface area contributed by atoms with Gasteiger partial charge in [-0.1, -0.05) is 53.4 Å². The van der Waals surface area contributed by atoms with Crippen LogP contribution in [0.15, 0.2) is 0 Å². The molecule has 0 atom stereocenters. The van der Waals surface area contributed by atoms with E-state index in [1.807, 2.05) is 0 Å². The second kappa shape index (κ2) is 9.78. The first-order valence-corrected chi connectivity index (χ1v) is 9.07. The van der Waals surface area contributed by atoms with E-state index in [1.165, 1.54) is 77.5 Å². The van der Waals surface area contributed by atoms with Gasteiger partial charge in [0, 0.05) is 6.04 Å². The highest BCUT2D eigenvalue weighted by Gasteiger charge is 2.30. The first kappa shape index (κ1) is 18.0. The standard InChI is InChI=1S/C18H38N2/c1-5-18(6-2)11-15-20(16-12-18)14-10-8-7-9-13-19-17(3)4/h17,19H,5-16H2,1-4H3. The van der Waals surface area contributed by atoms with Crippen LogP contribution in [0.2, 0.25) is 0 Å². The third kappa shape index (κ3) is 6.58. The van der Waals surface area contributed by atoms with Crippen molar-refractivity contribution in [2.75, 3.05) is 26.2 Å². The Morgan fingerprint density at radius 2 is 1.55 bits per heavy atom. The summed E-state index contributed by atoms with van der Waals surface area (Å²) >= 11 is 0. The fourth-order valence-corrected chi connectivity index (χ4v) is 3.41. The highest BCUT2D eigenvalue weighted by atomic mass is 15.1. The van der Waals surface area contributed by atoms with Gasteiger partial charge < -0.3 is 10.2 Å². The minimum absolute atomic E-state index is 0.640. The zero-order valence-electron chi connectivity index (χ0n) is 14.5. The quantitative estimate of drug-likeness (QED) is 0.596. The average molecular weight is 283 g/mol. The van der Waals surface area contributed by atoms with Gasteiger partial charge in [-0.3, -0.25) is 0 Å². The van der Waals surface area contributed by atoms with Crippen LogP contribution in [0.1, 0.15) is 79.1 Å². The summed E-state index contributed by atoms with van der Waals surface area (Å²) in [5.41, 5.74) is 0.680. The first-order chi connectivity index (χ1) is 9.62. The van der Waals surface area contributed by atoms with Crippen LogP contribution in [0.4, 0.5) is 0 Å². The van der Waals surface area contributed by atoms with E-state index in [9.17, 15) is 0 Å². The van der Waals surface area contributed by atoms with Crippen molar-refractivity contribution in [3.05, 3.63) is 0 Å². The largest absolute Gasteiger partial charge is 0.315 e. The molecular formula is C18H38N2. The van der Waals surface area contributed by atoms with Gasteiger partial charge in [0.05, 0.1) is 0 Å². The predicted octanol–water partition coefficient (Wildman–Crippen LogP) is 4.45. The van der Waals surface area contributed by atoms with E-state index in [1.54, 1.807) is 0 Å². The van der Waals surface area contributed by atoms with Crippen molar-refractivity contribution >= 4 is 0 Å². The van der Waals surface area contributed by atoms with Crippen molar-refractivity contribution in [3.8, 4) is 0 Å². The molecule has 0 aromatic heterocycles. The molecule has 1 heterocycles. The highest BCUT2D eigenvalue weighted by Crippen LogP contribution is 2.37. The molecule has 2 heteroatoms. The van der Waals surface area contributed by atoms with Gasteiger partial charge in [0.1, 0.15) is 0 Å².